The second-order valence-electron chi connectivity index (χ2n) is 2.95. The number of hydrogen-bond acceptors (Lipinski definition) is 4. The molecule has 0 spiro atoms. The third kappa shape index (κ3) is 4.35. The van der Waals surface area contributed by atoms with Crippen molar-refractivity contribution >= 4 is 17.7 Å². The Morgan fingerprint density at radius 1 is 1.73 bits per heavy atom. The predicted molar refractivity (Wildman–Crippen MR) is 58.8 cm³/mol. The van der Waals surface area contributed by atoms with Crippen LogP contribution in [0, 0.1) is 0 Å². The molecule has 0 atom stereocenters. The zero-order valence-electron chi connectivity index (χ0n) is 8.90. The summed E-state index contributed by atoms with van der Waals surface area (Å²) in [7, 11) is 3.51. The van der Waals surface area contributed by atoms with Crippen LogP contribution >= 0.6 is 11.8 Å². The van der Waals surface area contributed by atoms with E-state index in [1.807, 2.05) is 17.8 Å². The summed E-state index contributed by atoms with van der Waals surface area (Å²) in [5.41, 5.74) is 0. The number of thioether (sulfide) groups is 1. The summed E-state index contributed by atoms with van der Waals surface area (Å²) in [6, 6.07) is 0. The number of nitrogens with zero attached hydrogens (tertiary/aromatic N) is 2. The lowest BCUT2D eigenvalue weighted by Crippen LogP contribution is -2.28. The molecule has 15 heavy (non-hydrogen) atoms. The third-order valence-electron chi connectivity index (χ3n) is 1.74. The number of amides is 1. The smallest absolute Gasteiger partial charge is 0.230 e. The maximum Gasteiger partial charge on any atom is 0.230 e. The van der Waals surface area contributed by atoms with E-state index in [0.29, 0.717) is 18.9 Å². The largest absolute Gasteiger partial charge is 0.383 e. The summed E-state index contributed by atoms with van der Waals surface area (Å²) in [5, 5.41) is 3.59. The highest BCUT2D eigenvalue weighted by Gasteiger charge is 2.04. The molecule has 0 aliphatic rings. The Labute approximate surface area is 93.2 Å². The monoisotopic (exact) mass is 229 g/mol. The summed E-state index contributed by atoms with van der Waals surface area (Å²) >= 11 is 1.42. The number of aromatic nitrogens is 2. The van der Waals surface area contributed by atoms with Crippen molar-refractivity contribution in [3.63, 3.8) is 0 Å². The highest BCUT2D eigenvalue weighted by Crippen LogP contribution is 2.13. The van der Waals surface area contributed by atoms with Crippen molar-refractivity contribution in [2.45, 2.75) is 5.16 Å². The van der Waals surface area contributed by atoms with Crippen molar-refractivity contribution in [2.24, 2.45) is 7.05 Å². The molecule has 1 aromatic heterocycles. The van der Waals surface area contributed by atoms with E-state index in [-0.39, 0.29) is 5.91 Å². The lowest BCUT2D eigenvalue weighted by Gasteiger charge is -2.03. The van der Waals surface area contributed by atoms with E-state index >= 15 is 0 Å². The van der Waals surface area contributed by atoms with Crippen LogP contribution < -0.4 is 5.32 Å². The van der Waals surface area contributed by atoms with E-state index in [2.05, 4.69) is 10.3 Å². The zero-order valence-corrected chi connectivity index (χ0v) is 9.71. The summed E-state index contributed by atoms with van der Waals surface area (Å²) in [4.78, 5) is 15.4. The highest BCUT2D eigenvalue weighted by molar-refractivity contribution is 7.99. The maximum atomic E-state index is 11.3. The van der Waals surface area contributed by atoms with Gasteiger partial charge in [0.15, 0.2) is 5.16 Å². The van der Waals surface area contributed by atoms with Gasteiger partial charge < -0.3 is 14.6 Å². The molecule has 0 bridgehead atoms. The molecule has 1 amide bonds. The molecule has 6 heteroatoms. The normalized spacial score (nSPS) is 10.3. The van der Waals surface area contributed by atoms with Gasteiger partial charge in [0.25, 0.3) is 0 Å². The molecule has 0 aliphatic heterocycles. The predicted octanol–water partition coefficient (Wildman–Crippen LogP) is 0.275. The number of ether oxygens (including phenoxy) is 1. The van der Waals surface area contributed by atoms with Gasteiger partial charge in [0.2, 0.25) is 5.91 Å². The van der Waals surface area contributed by atoms with Gasteiger partial charge in [-0.3, -0.25) is 4.79 Å². The molecule has 0 saturated heterocycles. The van der Waals surface area contributed by atoms with Gasteiger partial charge in [0, 0.05) is 33.1 Å². The Morgan fingerprint density at radius 3 is 3.13 bits per heavy atom. The van der Waals surface area contributed by atoms with E-state index in [0.717, 1.165) is 5.16 Å². The fourth-order valence-electron chi connectivity index (χ4n) is 0.965. The number of rotatable bonds is 6. The average molecular weight is 229 g/mol. The van der Waals surface area contributed by atoms with Gasteiger partial charge in [-0.1, -0.05) is 11.8 Å². The van der Waals surface area contributed by atoms with Crippen LogP contribution in [0.15, 0.2) is 17.6 Å². The molecule has 0 radical (unpaired) electrons. The van der Waals surface area contributed by atoms with E-state index < -0.39 is 0 Å². The molecular weight excluding hydrogens is 214 g/mol. The number of aryl methyl sites for hydroxylation is 1. The van der Waals surface area contributed by atoms with Gasteiger partial charge in [0.05, 0.1) is 12.4 Å². The fourth-order valence-corrected chi connectivity index (χ4v) is 1.73. The molecule has 0 unspecified atom stereocenters. The molecule has 1 N–H and O–H groups in total. The van der Waals surface area contributed by atoms with E-state index in [1.54, 1.807) is 13.3 Å². The molecule has 0 saturated carbocycles. The van der Waals surface area contributed by atoms with Crippen molar-refractivity contribution in [1.82, 2.24) is 14.9 Å². The topological polar surface area (TPSA) is 56.1 Å². The van der Waals surface area contributed by atoms with Gasteiger partial charge in [-0.2, -0.15) is 0 Å². The first-order chi connectivity index (χ1) is 7.24. The van der Waals surface area contributed by atoms with Crippen LogP contribution in [0.3, 0.4) is 0 Å². The fraction of sp³-hybridized carbons (Fsp3) is 0.556. The minimum Gasteiger partial charge on any atom is -0.383 e. The number of carbonyl (C=O) groups is 1. The average Bonchev–Trinajstić information content (AvgIpc) is 2.61. The van der Waals surface area contributed by atoms with Crippen LogP contribution in [-0.4, -0.2) is 41.5 Å². The molecule has 0 fully saturated rings. The van der Waals surface area contributed by atoms with Crippen molar-refractivity contribution in [2.75, 3.05) is 26.0 Å². The molecule has 0 aromatic carbocycles. The first-order valence-corrected chi connectivity index (χ1v) is 5.58. The van der Waals surface area contributed by atoms with Gasteiger partial charge in [-0.05, 0) is 0 Å². The number of nitrogens with one attached hydrogen (secondary N) is 1. The Morgan fingerprint density at radius 2 is 2.53 bits per heavy atom. The van der Waals surface area contributed by atoms with E-state index in [9.17, 15) is 4.79 Å². The van der Waals surface area contributed by atoms with Crippen molar-refractivity contribution in [3.8, 4) is 0 Å². The van der Waals surface area contributed by atoms with E-state index in [4.69, 9.17) is 4.74 Å². The lowest BCUT2D eigenvalue weighted by molar-refractivity contribution is -0.118. The number of carbonyl (C=O) groups excluding carboxylic acids is 1. The Hall–Kier alpha value is -1.01. The second kappa shape index (κ2) is 6.47. The second-order valence-corrected chi connectivity index (χ2v) is 3.89. The Balaban J connectivity index is 2.20. The summed E-state index contributed by atoms with van der Waals surface area (Å²) in [6.45, 7) is 1.09. The third-order valence-corrected chi connectivity index (χ3v) is 2.80. The van der Waals surface area contributed by atoms with Crippen LogP contribution in [-0.2, 0) is 16.6 Å². The van der Waals surface area contributed by atoms with Crippen LogP contribution in [0.4, 0.5) is 0 Å². The quantitative estimate of drug-likeness (QED) is 0.562. The van der Waals surface area contributed by atoms with E-state index in [1.165, 1.54) is 11.8 Å². The standard InChI is InChI=1S/C9H15N3O2S/c1-12-5-3-11-9(12)15-7-8(13)10-4-6-14-2/h3,5H,4,6-7H2,1-2H3,(H,10,13). The lowest BCUT2D eigenvalue weighted by atomic mass is 10.6. The minimum atomic E-state index is 0.0000463. The van der Waals surface area contributed by atoms with Crippen molar-refractivity contribution in [1.29, 1.82) is 0 Å². The number of hydrogen-bond donors (Lipinski definition) is 1. The number of imidazole rings is 1. The zero-order chi connectivity index (χ0) is 11.1. The van der Waals surface area contributed by atoms with Crippen LogP contribution in [0.25, 0.3) is 0 Å². The Bertz CT molecular complexity index is 314. The molecule has 1 aromatic rings. The molecule has 84 valence electrons. The van der Waals surface area contributed by atoms with Crippen LogP contribution in [0.1, 0.15) is 0 Å². The molecule has 0 aliphatic carbocycles. The van der Waals surface area contributed by atoms with Gasteiger partial charge in [0.1, 0.15) is 0 Å². The SMILES string of the molecule is COCCNC(=O)CSc1nccn1C. The van der Waals surface area contributed by atoms with Gasteiger partial charge in [-0.25, -0.2) is 4.98 Å². The first-order valence-electron chi connectivity index (χ1n) is 4.60. The molecule has 5 nitrogen and oxygen atoms in total. The van der Waals surface area contributed by atoms with Gasteiger partial charge in [-0.15, -0.1) is 0 Å². The molecular formula is C9H15N3O2S. The minimum absolute atomic E-state index is 0.0000463. The maximum absolute atomic E-state index is 11.3. The van der Waals surface area contributed by atoms with Crippen molar-refractivity contribution in [3.05, 3.63) is 12.4 Å². The highest BCUT2D eigenvalue weighted by atomic mass is 32.2. The molecule has 1 rings (SSSR count). The first kappa shape index (κ1) is 12.1. The van der Waals surface area contributed by atoms with Crippen molar-refractivity contribution < 1.29 is 9.53 Å². The van der Waals surface area contributed by atoms with Gasteiger partial charge >= 0.3 is 0 Å². The summed E-state index contributed by atoms with van der Waals surface area (Å²) in [5.74, 6) is 0.384. The van der Waals surface area contributed by atoms with Crippen LogP contribution in [0.5, 0.6) is 0 Å². The van der Waals surface area contributed by atoms with Crippen LogP contribution in [0.2, 0.25) is 0 Å². The Kier molecular flexibility index (Phi) is 5.20. The number of methoxy groups -OCH3 is 1. The molecule has 1 heterocycles. The summed E-state index contributed by atoms with van der Waals surface area (Å²) < 4.78 is 6.71. The summed E-state index contributed by atoms with van der Waals surface area (Å²) in [6.07, 6.45) is 3.57.